The van der Waals surface area contributed by atoms with Crippen molar-refractivity contribution in [1.82, 2.24) is 9.78 Å². The van der Waals surface area contributed by atoms with E-state index in [0.29, 0.717) is 0 Å². The Morgan fingerprint density at radius 2 is 2.00 bits per heavy atom. The molecular weight excluding hydrogens is 228 g/mol. The van der Waals surface area contributed by atoms with Gasteiger partial charge in [0.05, 0.1) is 11.9 Å². The third kappa shape index (κ3) is 1.48. The highest BCUT2D eigenvalue weighted by Gasteiger charge is 2.56. The minimum Gasteiger partial charge on any atom is -0.383 e. The molecule has 0 bridgehead atoms. The maximum Gasteiger partial charge on any atom is 0.112 e. The molecule has 2 fully saturated rings. The minimum atomic E-state index is -0.716. The van der Waals surface area contributed by atoms with Gasteiger partial charge >= 0.3 is 0 Å². The molecule has 1 N–H and O–H groups in total. The van der Waals surface area contributed by atoms with Crippen molar-refractivity contribution in [3.8, 4) is 0 Å². The molecule has 1 spiro atoms. The Balaban J connectivity index is 2.07. The standard InChI is InChI=1S/C14H22N2O2/c1-11-10-15-16(2)12(11)14(17)5-3-4-13(14)6-8-18-9-7-13/h10,17H,3-9H2,1-2H3. The summed E-state index contributed by atoms with van der Waals surface area (Å²) in [7, 11) is 1.94. The Morgan fingerprint density at radius 1 is 1.28 bits per heavy atom. The highest BCUT2D eigenvalue weighted by molar-refractivity contribution is 5.28. The van der Waals surface area contributed by atoms with Crippen LogP contribution in [-0.2, 0) is 17.4 Å². The van der Waals surface area contributed by atoms with Gasteiger partial charge in [-0.1, -0.05) is 0 Å². The van der Waals surface area contributed by atoms with Crippen molar-refractivity contribution in [2.45, 2.75) is 44.6 Å². The molecule has 4 nitrogen and oxygen atoms in total. The molecule has 1 aliphatic heterocycles. The number of aryl methyl sites for hydroxylation is 2. The van der Waals surface area contributed by atoms with Crippen molar-refractivity contribution < 1.29 is 9.84 Å². The van der Waals surface area contributed by atoms with Gasteiger partial charge in [0.2, 0.25) is 0 Å². The van der Waals surface area contributed by atoms with Gasteiger partial charge in [0, 0.05) is 25.7 Å². The Labute approximate surface area is 108 Å². The van der Waals surface area contributed by atoms with Crippen molar-refractivity contribution in [3.63, 3.8) is 0 Å². The number of rotatable bonds is 1. The molecule has 2 aliphatic rings. The summed E-state index contributed by atoms with van der Waals surface area (Å²) < 4.78 is 7.35. The molecule has 1 unspecified atom stereocenters. The lowest BCUT2D eigenvalue weighted by Gasteiger charge is -2.45. The van der Waals surface area contributed by atoms with Crippen LogP contribution in [0, 0.1) is 12.3 Å². The lowest BCUT2D eigenvalue weighted by molar-refractivity contribution is -0.123. The van der Waals surface area contributed by atoms with Gasteiger partial charge in [-0.25, -0.2) is 0 Å². The van der Waals surface area contributed by atoms with E-state index in [9.17, 15) is 5.11 Å². The summed E-state index contributed by atoms with van der Waals surface area (Å²) >= 11 is 0. The molecule has 1 atom stereocenters. The van der Waals surface area contributed by atoms with Gasteiger partial charge < -0.3 is 9.84 Å². The maximum atomic E-state index is 11.4. The second-order valence-electron chi connectivity index (χ2n) is 5.91. The fourth-order valence-corrected chi connectivity index (χ4v) is 4.09. The summed E-state index contributed by atoms with van der Waals surface area (Å²) in [6, 6.07) is 0. The first kappa shape index (κ1) is 12.2. The smallest absolute Gasteiger partial charge is 0.112 e. The average molecular weight is 250 g/mol. The molecule has 1 aromatic rings. The second-order valence-corrected chi connectivity index (χ2v) is 5.91. The van der Waals surface area contributed by atoms with Gasteiger partial charge in [-0.15, -0.1) is 0 Å². The first-order valence-electron chi connectivity index (χ1n) is 6.88. The SMILES string of the molecule is Cc1cnn(C)c1C1(O)CCCC12CCOCC2. The molecule has 1 aromatic heterocycles. The number of ether oxygens (including phenoxy) is 1. The molecule has 0 radical (unpaired) electrons. The van der Waals surface area contributed by atoms with Crippen LogP contribution in [0.5, 0.6) is 0 Å². The molecule has 0 aromatic carbocycles. The zero-order chi connectivity index (χ0) is 12.8. The zero-order valence-corrected chi connectivity index (χ0v) is 11.3. The van der Waals surface area contributed by atoms with E-state index in [1.165, 1.54) is 0 Å². The maximum absolute atomic E-state index is 11.4. The van der Waals surface area contributed by atoms with E-state index >= 15 is 0 Å². The lowest BCUT2D eigenvalue weighted by atomic mass is 9.67. The topological polar surface area (TPSA) is 47.3 Å². The number of aliphatic hydroxyl groups is 1. The molecule has 18 heavy (non-hydrogen) atoms. The van der Waals surface area contributed by atoms with Crippen molar-refractivity contribution in [3.05, 3.63) is 17.5 Å². The summed E-state index contributed by atoms with van der Waals surface area (Å²) in [6.07, 6.45) is 6.85. The third-order valence-electron chi connectivity index (χ3n) is 5.03. The molecule has 2 heterocycles. The third-order valence-corrected chi connectivity index (χ3v) is 5.03. The van der Waals surface area contributed by atoms with Gasteiger partial charge in [-0.05, 0) is 44.6 Å². The first-order valence-corrected chi connectivity index (χ1v) is 6.88. The van der Waals surface area contributed by atoms with Crippen LogP contribution in [0.3, 0.4) is 0 Å². The van der Waals surface area contributed by atoms with E-state index < -0.39 is 5.60 Å². The molecule has 1 saturated heterocycles. The summed E-state index contributed by atoms with van der Waals surface area (Å²) in [6.45, 7) is 3.60. The summed E-state index contributed by atoms with van der Waals surface area (Å²) in [5.74, 6) is 0. The Hall–Kier alpha value is -0.870. The summed E-state index contributed by atoms with van der Waals surface area (Å²) in [5, 5.41) is 15.7. The molecule has 0 amide bonds. The van der Waals surface area contributed by atoms with Crippen molar-refractivity contribution >= 4 is 0 Å². The largest absolute Gasteiger partial charge is 0.383 e. The van der Waals surface area contributed by atoms with Crippen LogP contribution in [0.2, 0.25) is 0 Å². The Morgan fingerprint density at radius 3 is 2.61 bits per heavy atom. The predicted molar refractivity (Wildman–Crippen MR) is 68.2 cm³/mol. The highest BCUT2D eigenvalue weighted by atomic mass is 16.5. The number of hydrogen-bond donors (Lipinski definition) is 1. The number of hydrogen-bond acceptors (Lipinski definition) is 3. The monoisotopic (exact) mass is 250 g/mol. The van der Waals surface area contributed by atoms with Crippen LogP contribution in [0.4, 0.5) is 0 Å². The second kappa shape index (κ2) is 4.07. The van der Waals surface area contributed by atoms with E-state index in [1.54, 1.807) is 0 Å². The van der Waals surface area contributed by atoms with E-state index in [0.717, 1.165) is 56.6 Å². The highest BCUT2D eigenvalue weighted by Crippen LogP contribution is 2.58. The van der Waals surface area contributed by atoms with Crippen LogP contribution < -0.4 is 0 Å². The van der Waals surface area contributed by atoms with Crippen LogP contribution in [0.15, 0.2) is 6.20 Å². The summed E-state index contributed by atoms with van der Waals surface area (Å²) in [4.78, 5) is 0. The van der Waals surface area contributed by atoms with Crippen molar-refractivity contribution in [2.24, 2.45) is 12.5 Å². The molecule has 3 rings (SSSR count). The van der Waals surface area contributed by atoms with Crippen LogP contribution in [-0.4, -0.2) is 28.1 Å². The van der Waals surface area contributed by atoms with E-state index in [1.807, 2.05) is 24.9 Å². The van der Waals surface area contributed by atoms with Crippen molar-refractivity contribution in [1.29, 1.82) is 0 Å². The Kier molecular flexibility index (Phi) is 2.75. The molecule has 1 aliphatic carbocycles. The normalized spacial score (nSPS) is 31.1. The predicted octanol–water partition coefficient (Wildman–Crippen LogP) is 1.90. The lowest BCUT2D eigenvalue weighted by Crippen LogP contribution is -2.46. The van der Waals surface area contributed by atoms with Gasteiger partial charge in [-0.2, -0.15) is 5.10 Å². The Bertz CT molecular complexity index is 429. The fourth-order valence-electron chi connectivity index (χ4n) is 4.09. The van der Waals surface area contributed by atoms with Gasteiger partial charge in [0.1, 0.15) is 5.60 Å². The molecule has 1 saturated carbocycles. The molecule has 4 heteroatoms. The zero-order valence-electron chi connectivity index (χ0n) is 11.3. The molecular formula is C14H22N2O2. The van der Waals surface area contributed by atoms with E-state index in [2.05, 4.69) is 5.10 Å². The summed E-state index contributed by atoms with van der Waals surface area (Å²) in [5.41, 5.74) is 1.41. The van der Waals surface area contributed by atoms with Gasteiger partial charge in [0.15, 0.2) is 0 Å². The van der Waals surface area contributed by atoms with E-state index in [-0.39, 0.29) is 5.41 Å². The van der Waals surface area contributed by atoms with Crippen LogP contribution in [0.25, 0.3) is 0 Å². The fraction of sp³-hybridized carbons (Fsp3) is 0.786. The number of nitrogens with zero attached hydrogens (tertiary/aromatic N) is 2. The molecule has 100 valence electrons. The first-order chi connectivity index (χ1) is 8.59. The van der Waals surface area contributed by atoms with E-state index in [4.69, 9.17) is 4.74 Å². The van der Waals surface area contributed by atoms with Crippen LogP contribution >= 0.6 is 0 Å². The average Bonchev–Trinajstić information content (AvgIpc) is 2.84. The quantitative estimate of drug-likeness (QED) is 0.828. The van der Waals surface area contributed by atoms with Gasteiger partial charge in [0.25, 0.3) is 0 Å². The number of aromatic nitrogens is 2. The van der Waals surface area contributed by atoms with Crippen LogP contribution in [0.1, 0.15) is 43.4 Å². The van der Waals surface area contributed by atoms with Crippen molar-refractivity contribution in [2.75, 3.05) is 13.2 Å². The minimum absolute atomic E-state index is 0.00377. The van der Waals surface area contributed by atoms with Gasteiger partial charge in [-0.3, -0.25) is 4.68 Å².